The average Bonchev–Trinajstić information content (AvgIpc) is 2.54. The average molecular weight is 382 g/mol. The van der Waals surface area contributed by atoms with Gasteiger partial charge in [0.15, 0.2) is 0 Å². The molecule has 7 heteroatoms. The van der Waals surface area contributed by atoms with Crippen molar-refractivity contribution in [2.75, 3.05) is 19.6 Å². The van der Waals surface area contributed by atoms with Gasteiger partial charge in [-0.3, -0.25) is 4.79 Å². The topological polar surface area (TPSA) is 55.6 Å². The van der Waals surface area contributed by atoms with E-state index in [1.165, 1.54) is 0 Å². The van der Waals surface area contributed by atoms with Crippen LogP contribution in [0.5, 0.6) is 0 Å². The molecule has 1 saturated heterocycles. The molecule has 0 aliphatic carbocycles. The largest absolute Gasteiger partial charge is 0.373 e. The van der Waals surface area contributed by atoms with Crippen molar-refractivity contribution in [3.05, 3.63) is 33.8 Å². The number of amides is 1. The SMILES string of the molecule is Cl.NCCCC(=O)N1CCC(OCc2ccc(Cl)c(Cl)c2)CC1. The van der Waals surface area contributed by atoms with E-state index in [0.29, 0.717) is 29.6 Å². The number of benzene rings is 1. The van der Waals surface area contributed by atoms with Crippen LogP contribution in [0.4, 0.5) is 0 Å². The van der Waals surface area contributed by atoms with E-state index < -0.39 is 0 Å². The molecule has 1 fully saturated rings. The Kier molecular flexibility index (Phi) is 9.25. The predicted molar refractivity (Wildman–Crippen MR) is 96.4 cm³/mol. The summed E-state index contributed by atoms with van der Waals surface area (Å²) in [6, 6.07) is 5.52. The van der Waals surface area contributed by atoms with Crippen molar-refractivity contribution in [3.63, 3.8) is 0 Å². The Morgan fingerprint density at radius 3 is 2.57 bits per heavy atom. The molecule has 130 valence electrons. The van der Waals surface area contributed by atoms with Gasteiger partial charge in [-0.1, -0.05) is 29.3 Å². The van der Waals surface area contributed by atoms with Gasteiger partial charge in [-0.2, -0.15) is 0 Å². The maximum Gasteiger partial charge on any atom is 0.222 e. The number of hydrogen-bond acceptors (Lipinski definition) is 3. The molecule has 0 atom stereocenters. The minimum absolute atomic E-state index is 0. The number of rotatable bonds is 6. The third-order valence-electron chi connectivity index (χ3n) is 3.86. The van der Waals surface area contributed by atoms with Gasteiger partial charge in [-0.05, 0) is 43.5 Å². The molecule has 1 aromatic carbocycles. The number of piperidine rings is 1. The maximum atomic E-state index is 11.9. The van der Waals surface area contributed by atoms with Gasteiger partial charge < -0.3 is 15.4 Å². The lowest BCUT2D eigenvalue weighted by Crippen LogP contribution is -2.40. The lowest BCUT2D eigenvalue weighted by molar-refractivity contribution is -0.134. The van der Waals surface area contributed by atoms with E-state index in [0.717, 1.165) is 37.9 Å². The first-order chi connectivity index (χ1) is 10.6. The first-order valence-corrected chi connectivity index (χ1v) is 8.39. The van der Waals surface area contributed by atoms with E-state index >= 15 is 0 Å². The van der Waals surface area contributed by atoms with Gasteiger partial charge in [0.1, 0.15) is 0 Å². The number of likely N-dealkylation sites (tertiary alicyclic amines) is 1. The molecule has 0 bridgehead atoms. The highest BCUT2D eigenvalue weighted by Crippen LogP contribution is 2.24. The Morgan fingerprint density at radius 1 is 1.26 bits per heavy atom. The molecule has 0 aromatic heterocycles. The molecule has 2 N–H and O–H groups in total. The van der Waals surface area contributed by atoms with Crippen molar-refractivity contribution >= 4 is 41.5 Å². The fraction of sp³-hybridized carbons (Fsp3) is 0.562. The fourth-order valence-corrected chi connectivity index (χ4v) is 2.85. The second-order valence-electron chi connectivity index (χ2n) is 5.53. The molecule has 0 saturated carbocycles. The first kappa shape index (κ1) is 20.5. The number of nitrogens with zero attached hydrogens (tertiary/aromatic N) is 1. The van der Waals surface area contributed by atoms with Crippen molar-refractivity contribution in [3.8, 4) is 0 Å². The summed E-state index contributed by atoms with van der Waals surface area (Å²) in [5.41, 5.74) is 6.44. The van der Waals surface area contributed by atoms with Gasteiger partial charge in [0.05, 0.1) is 22.8 Å². The second kappa shape index (κ2) is 10.4. The van der Waals surface area contributed by atoms with E-state index in [2.05, 4.69) is 0 Å². The first-order valence-electron chi connectivity index (χ1n) is 7.63. The molecule has 1 amide bonds. The lowest BCUT2D eigenvalue weighted by atomic mass is 10.1. The second-order valence-corrected chi connectivity index (χ2v) is 6.35. The van der Waals surface area contributed by atoms with E-state index in [1.807, 2.05) is 17.0 Å². The van der Waals surface area contributed by atoms with Crippen LogP contribution in [-0.2, 0) is 16.1 Å². The summed E-state index contributed by atoms with van der Waals surface area (Å²) < 4.78 is 5.91. The predicted octanol–water partition coefficient (Wildman–Crippen LogP) is 3.66. The maximum absolute atomic E-state index is 11.9. The van der Waals surface area contributed by atoms with Crippen LogP contribution < -0.4 is 5.73 Å². The van der Waals surface area contributed by atoms with Crippen molar-refractivity contribution in [2.45, 2.75) is 38.4 Å². The van der Waals surface area contributed by atoms with E-state index in [-0.39, 0.29) is 24.4 Å². The van der Waals surface area contributed by atoms with E-state index in [1.54, 1.807) is 6.07 Å². The van der Waals surface area contributed by atoms with Gasteiger partial charge >= 0.3 is 0 Å². The molecule has 0 radical (unpaired) electrons. The zero-order valence-electron chi connectivity index (χ0n) is 13.0. The summed E-state index contributed by atoms with van der Waals surface area (Å²) in [6.07, 6.45) is 3.23. The normalized spacial score (nSPS) is 15.3. The third kappa shape index (κ3) is 6.48. The van der Waals surface area contributed by atoms with Gasteiger partial charge in [0.25, 0.3) is 0 Å². The van der Waals surface area contributed by atoms with Crippen LogP contribution in [0.3, 0.4) is 0 Å². The zero-order valence-corrected chi connectivity index (χ0v) is 15.3. The van der Waals surface area contributed by atoms with Crippen LogP contribution in [0.1, 0.15) is 31.2 Å². The lowest BCUT2D eigenvalue weighted by Gasteiger charge is -2.32. The van der Waals surface area contributed by atoms with Crippen molar-refractivity contribution in [1.82, 2.24) is 4.90 Å². The van der Waals surface area contributed by atoms with Crippen molar-refractivity contribution in [2.24, 2.45) is 5.73 Å². The van der Waals surface area contributed by atoms with Gasteiger partial charge in [-0.25, -0.2) is 0 Å². The van der Waals surface area contributed by atoms with Crippen molar-refractivity contribution in [1.29, 1.82) is 0 Å². The summed E-state index contributed by atoms with van der Waals surface area (Å²) in [5.74, 6) is 0.202. The molecule has 0 unspecified atom stereocenters. The minimum Gasteiger partial charge on any atom is -0.373 e. The van der Waals surface area contributed by atoms with Gasteiger partial charge in [-0.15, -0.1) is 12.4 Å². The van der Waals surface area contributed by atoms with Crippen LogP contribution in [0.2, 0.25) is 10.0 Å². The molecule has 4 nitrogen and oxygen atoms in total. The van der Waals surface area contributed by atoms with Crippen LogP contribution in [0.25, 0.3) is 0 Å². The summed E-state index contributed by atoms with van der Waals surface area (Å²) in [4.78, 5) is 13.8. The van der Waals surface area contributed by atoms with E-state index in [9.17, 15) is 4.79 Å². The number of carbonyl (C=O) groups is 1. The van der Waals surface area contributed by atoms with Crippen molar-refractivity contribution < 1.29 is 9.53 Å². The summed E-state index contributed by atoms with van der Waals surface area (Å²) >= 11 is 11.9. The quantitative estimate of drug-likeness (QED) is 0.818. The summed E-state index contributed by atoms with van der Waals surface area (Å²) in [5, 5.41) is 1.10. The molecule has 23 heavy (non-hydrogen) atoms. The van der Waals surface area contributed by atoms with Crippen LogP contribution in [0, 0.1) is 0 Å². The molecule has 1 aliphatic heterocycles. The minimum atomic E-state index is 0. The Hall–Kier alpha value is -0.520. The summed E-state index contributed by atoms with van der Waals surface area (Å²) in [7, 11) is 0. The smallest absolute Gasteiger partial charge is 0.222 e. The van der Waals surface area contributed by atoms with Gasteiger partial charge in [0, 0.05) is 19.5 Å². The third-order valence-corrected chi connectivity index (χ3v) is 4.60. The molecule has 1 aromatic rings. The molecule has 1 heterocycles. The molecule has 1 aliphatic rings. The van der Waals surface area contributed by atoms with Crippen LogP contribution in [0.15, 0.2) is 18.2 Å². The van der Waals surface area contributed by atoms with E-state index in [4.69, 9.17) is 33.7 Å². The Balaban J connectivity index is 0.00000264. The van der Waals surface area contributed by atoms with Crippen LogP contribution in [-0.4, -0.2) is 36.5 Å². The molecule has 0 spiro atoms. The monoisotopic (exact) mass is 380 g/mol. The Morgan fingerprint density at radius 2 is 1.96 bits per heavy atom. The molecular weight excluding hydrogens is 359 g/mol. The Labute approximate surface area is 153 Å². The number of halogens is 3. The number of nitrogens with two attached hydrogens (primary N) is 1. The molecule has 2 rings (SSSR count). The van der Waals surface area contributed by atoms with Gasteiger partial charge in [0.2, 0.25) is 5.91 Å². The summed E-state index contributed by atoms with van der Waals surface area (Å²) in [6.45, 7) is 2.60. The standard InChI is InChI=1S/C16H22Cl2N2O2.ClH/c17-14-4-3-12(10-15(14)18)11-22-13-5-8-20(9-6-13)16(21)2-1-7-19;/h3-4,10,13H,1-2,5-9,11,19H2;1H. The molecular formula is C16H23Cl3N2O2. The number of carbonyl (C=O) groups excluding carboxylic acids is 1. The fourth-order valence-electron chi connectivity index (χ4n) is 2.53. The number of ether oxygens (including phenoxy) is 1. The zero-order chi connectivity index (χ0) is 15.9. The number of hydrogen-bond donors (Lipinski definition) is 1. The Bertz CT molecular complexity index is 506. The highest BCUT2D eigenvalue weighted by molar-refractivity contribution is 6.42. The highest BCUT2D eigenvalue weighted by Gasteiger charge is 2.22. The highest BCUT2D eigenvalue weighted by atomic mass is 35.5. The van der Waals surface area contributed by atoms with Crippen LogP contribution >= 0.6 is 35.6 Å².